The number of halogens is 1. The lowest BCUT2D eigenvalue weighted by Crippen LogP contribution is -2.19. The topological polar surface area (TPSA) is 36.4 Å². The summed E-state index contributed by atoms with van der Waals surface area (Å²) in [5.74, 6) is 0.938. The largest absolute Gasteiger partial charge is 0.392 e. The molecule has 1 N–H and O–H groups in total. The predicted octanol–water partition coefficient (Wildman–Crippen LogP) is 3.28. The molecule has 2 rings (SSSR count). The maximum absolute atomic E-state index is 9.10. The first kappa shape index (κ1) is 14.0. The van der Waals surface area contributed by atoms with Crippen molar-refractivity contribution in [2.24, 2.45) is 0 Å². The number of aliphatic hydroxyl groups is 1. The van der Waals surface area contributed by atoms with Gasteiger partial charge in [-0.25, -0.2) is 4.98 Å². The molecule has 3 nitrogen and oxygen atoms in total. The van der Waals surface area contributed by atoms with E-state index in [1.807, 2.05) is 38.2 Å². The number of hydrogen-bond donors (Lipinski definition) is 1. The van der Waals surface area contributed by atoms with Crippen molar-refractivity contribution in [2.45, 2.75) is 20.1 Å². The highest BCUT2D eigenvalue weighted by Gasteiger charge is 2.09. The van der Waals surface area contributed by atoms with Crippen LogP contribution in [-0.4, -0.2) is 17.1 Å². The summed E-state index contributed by atoms with van der Waals surface area (Å²) in [4.78, 5) is 6.53. The first-order valence-corrected chi connectivity index (χ1v) is 6.92. The molecule has 0 spiro atoms. The van der Waals surface area contributed by atoms with Crippen LogP contribution in [0.25, 0.3) is 0 Å². The van der Waals surface area contributed by atoms with E-state index in [2.05, 4.69) is 31.9 Å². The molecule has 19 heavy (non-hydrogen) atoms. The van der Waals surface area contributed by atoms with E-state index in [1.54, 1.807) is 6.20 Å². The quantitative estimate of drug-likeness (QED) is 0.939. The van der Waals surface area contributed by atoms with Crippen molar-refractivity contribution in [3.8, 4) is 0 Å². The summed E-state index contributed by atoms with van der Waals surface area (Å²) >= 11 is 3.56. The molecule has 0 saturated heterocycles. The fourth-order valence-corrected chi connectivity index (χ4v) is 2.48. The molecule has 100 valence electrons. The summed E-state index contributed by atoms with van der Waals surface area (Å²) in [6.07, 6.45) is 1.72. The number of nitrogens with zero attached hydrogens (tertiary/aromatic N) is 2. The molecule has 1 aromatic heterocycles. The number of aryl methyl sites for hydroxylation is 1. The first-order valence-electron chi connectivity index (χ1n) is 6.12. The lowest BCUT2D eigenvalue weighted by atomic mass is 10.2. The molecule has 1 aromatic carbocycles. The van der Waals surface area contributed by atoms with Gasteiger partial charge in [-0.3, -0.25) is 0 Å². The van der Waals surface area contributed by atoms with E-state index in [4.69, 9.17) is 5.11 Å². The summed E-state index contributed by atoms with van der Waals surface area (Å²) in [6, 6.07) is 10.1. The van der Waals surface area contributed by atoms with Gasteiger partial charge in [0.25, 0.3) is 0 Å². The van der Waals surface area contributed by atoms with Crippen LogP contribution in [0.1, 0.15) is 16.7 Å². The zero-order valence-electron chi connectivity index (χ0n) is 11.1. The van der Waals surface area contributed by atoms with E-state index in [0.29, 0.717) is 0 Å². The zero-order valence-corrected chi connectivity index (χ0v) is 12.7. The molecule has 0 radical (unpaired) electrons. The van der Waals surface area contributed by atoms with Crippen molar-refractivity contribution in [3.05, 3.63) is 57.7 Å². The third-order valence-corrected chi connectivity index (χ3v) is 3.79. The van der Waals surface area contributed by atoms with Crippen molar-refractivity contribution < 1.29 is 5.11 Å². The lowest BCUT2D eigenvalue weighted by Gasteiger charge is -2.21. The minimum absolute atomic E-state index is 0.0298. The lowest BCUT2D eigenvalue weighted by molar-refractivity contribution is 0.281. The Morgan fingerprint density at radius 2 is 2.05 bits per heavy atom. The Kier molecular flexibility index (Phi) is 4.56. The molecule has 0 atom stereocenters. The van der Waals surface area contributed by atoms with Gasteiger partial charge in [-0.05, 0) is 35.7 Å². The summed E-state index contributed by atoms with van der Waals surface area (Å²) in [7, 11) is 2.02. The van der Waals surface area contributed by atoms with Crippen molar-refractivity contribution >= 4 is 21.7 Å². The Hall–Kier alpha value is -1.39. The Balaban J connectivity index is 2.21. The van der Waals surface area contributed by atoms with Gasteiger partial charge in [0, 0.05) is 24.3 Å². The van der Waals surface area contributed by atoms with E-state index in [-0.39, 0.29) is 6.61 Å². The number of aromatic nitrogens is 1. The SMILES string of the molecule is Cc1cc(CO)cnc1N(C)Cc1ccccc1Br. The number of anilines is 1. The molecule has 0 aliphatic carbocycles. The molecule has 0 bridgehead atoms. The second kappa shape index (κ2) is 6.17. The minimum atomic E-state index is 0.0298. The van der Waals surface area contributed by atoms with Gasteiger partial charge in [0.1, 0.15) is 5.82 Å². The third-order valence-electron chi connectivity index (χ3n) is 3.02. The smallest absolute Gasteiger partial charge is 0.131 e. The maximum atomic E-state index is 9.10. The van der Waals surface area contributed by atoms with Crippen molar-refractivity contribution in [1.29, 1.82) is 0 Å². The van der Waals surface area contributed by atoms with E-state index in [9.17, 15) is 0 Å². The molecular formula is C15H17BrN2O. The highest BCUT2D eigenvalue weighted by atomic mass is 79.9. The van der Waals surface area contributed by atoms with Crippen molar-refractivity contribution in [1.82, 2.24) is 4.98 Å². The van der Waals surface area contributed by atoms with E-state index in [0.717, 1.165) is 28.0 Å². The highest BCUT2D eigenvalue weighted by Crippen LogP contribution is 2.22. The second-order valence-corrected chi connectivity index (χ2v) is 5.44. The summed E-state index contributed by atoms with van der Waals surface area (Å²) in [5.41, 5.74) is 3.13. The van der Waals surface area contributed by atoms with Crippen LogP contribution in [0.2, 0.25) is 0 Å². The van der Waals surface area contributed by atoms with E-state index < -0.39 is 0 Å². The zero-order chi connectivity index (χ0) is 13.8. The average Bonchev–Trinajstić information content (AvgIpc) is 2.41. The van der Waals surface area contributed by atoms with Gasteiger partial charge < -0.3 is 10.0 Å². The van der Waals surface area contributed by atoms with Gasteiger partial charge in [-0.2, -0.15) is 0 Å². The van der Waals surface area contributed by atoms with Crippen LogP contribution in [0.4, 0.5) is 5.82 Å². The van der Waals surface area contributed by atoms with Crippen LogP contribution in [0.15, 0.2) is 41.0 Å². The average molecular weight is 321 g/mol. The number of pyridine rings is 1. The number of rotatable bonds is 4. The van der Waals surface area contributed by atoms with Crippen LogP contribution < -0.4 is 4.90 Å². The van der Waals surface area contributed by atoms with Crippen LogP contribution >= 0.6 is 15.9 Å². The van der Waals surface area contributed by atoms with Gasteiger partial charge in [-0.15, -0.1) is 0 Å². The van der Waals surface area contributed by atoms with Gasteiger partial charge in [0.2, 0.25) is 0 Å². The van der Waals surface area contributed by atoms with Gasteiger partial charge >= 0.3 is 0 Å². The fourth-order valence-electron chi connectivity index (χ4n) is 2.07. The molecule has 1 heterocycles. The standard InChI is InChI=1S/C15H17BrN2O/c1-11-7-12(10-19)8-17-15(11)18(2)9-13-5-3-4-6-14(13)16/h3-8,19H,9-10H2,1-2H3. The molecule has 0 aliphatic rings. The molecule has 0 saturated carbocycles. The Labute approximate surface area is 122 Å². The minimum Gasteiger partial charge on any atom is -0.392 e. The highest BCUT2D eigenvalue weighted by molar-refractivity contribution is 9.10. The number of aliphatic hydroxyl groups excluding tert-OH is 1. The van der Waals surface area contributed by atoms with Crippen LogP contribution in [0, 0.1) is 6.92 Å². The van der Waals surface area contributed by atoms with Gasteiger partial charge in [-0.1, -0.05) is 34.1 Å². The molecule has 4 heteroatoms. The van der Waals surface area contributed by atoms with Crippen molar-refractivity contribution in [3.63, 3.8) is 0 Å². The Bertz CT molecular complexity index is 572. The molecular weight excluding hydrogens is 304 g/mol. The molecule has 0 fully saturated rings. The number of benzene rings is 1. The van der Waals surface area contributed by atoms with Crippen LogP contribution in [-0.2, 0) is 13.2 Å². The second-order valence-electron chi connectivity index (χ2n) is 4.59. The monoisotopic (exact) mass is 320 g/mol. The number of hydrogen-bond acceptors (Lipinski definition) is 3. The summed E-state index contributed by atoms with van der Waals surface area (Å²) in [5, 5.41) is 9.10. The van der Waals surface area contributed by atoms with Crippen LogP contribution in [0.5, 0.6) is 0 Å². The molecule has 0 aliphatic heterocycles. The molecule has 0 unspecified atom stereocenters. The van der Waals surface area contributed by atoms with Crippen LogP contribution in [0.3, 0.4) is 0 Å². The first-order chi connectivity index (χ1) is 9.11. The van der Waals surface area contributed by atoms with Gasteiger partial charge in [0.05, 0.1) is 6.61 Å². The predicted molar refractivity (Wildman–Crippen MR) is 81.1 cm³/mol. The maximum Gasteiger partial charge on any atom is 0.131 e. The van der Waals surface area contributed by atoms with E-state index >= 15 is 0 Å². The fraction of sp³-hybridized carbons (Fsp3) is 0.267. The summed E-state index contributed by atoms with van der Waals surface area (Å²) in [6.45, 7) is 2.83. The van der Waals surface area contributed by atoms with E-state index in [1.165, 1.54) is 5.56 Å². The molecule has 2 aromatic rings. The summed E-state index contributed by atoms with van der Waals surface area (Å²) < 4.78 is 1.10. The van der Waals surface area contributed by atoms with Gasteiger partial charge in [0.15, 0.2) is 0 Å². The Morgan fingerprint density at radius 1 is 1.32 bits per heavy atom. The third kappa shape index (κ3) is 3.33. The molecule has 0 amide bonds. The van der Waals surface area contributed by atoms with Crippen molar-refractivity contribution in [2.75, 3.05) is 11.9 Å². The Morgan fingerprint density at radius 3 is 2.68 bits per heavy atom. The normalized spacial score (nSPS) is 10.5.